The number of carbonyl (C=O) groups is 1. The molecule has 31 heavy (non-hydrogen) atoms. The van der Waals surface area contributed by atoms with Crippen molar-refractivity contribution < 1.29 is 13.9 Å². The Kier molecular flexibility index (Phi) is 6.30. The molecule has 0 spiro atoms. The van der Waals surface area contributed by atoms with Gasteiger partial charge in [-0.1, -0.05) is 60.4 Å². The smallest absolute Gasteiger partial charge is 0.407 e. The summed E-state index contributed by atoms with van der Waals surface area (Å²) in [6.07, 6.45) is -0.0147. The molecule has 5 heteroatoms. The van der Waals surface area contributed by atoms with Crippen LogP contribution in [0.3, 0.4) is 0 Å². The van der Waals surface area contributed by atoms with Crippen molar-refractivity contribution in [1.29, 1.82) is 0 Å². The molecule has 3 aromatic carbocycles. The maximum atomic E-state index is 13.2. The average Bonchev–Trinajstić information content (AvgIpc) is 3.12. The van der Waals surface area contributed by atoms with E-state index in [0.29, 0.717) is 24.1 Å². The number of rotatable bonds is 5. The maximum Gasteiger partial charge on any atom is 0.407 e. The highest BCUT2D eigenvalue weighted by molar-refractivity contribution is 5.79. The van der Waals surface area contributed by atoms with Crippen LogP contribution in [0.2, 0.25) is 0 Å². The van der Waals surface area contributed by atoms with Crippen LogP contribution < -0.4 is 11.1 Å². The Morgan fingerprint density at radius 2 is 1.71 bits per heavy atom. The zero-order chi connectivity index (χ0) is 21.6. The Balaban J connectivity index is 1.29. The van der Waals surface area contributed by atoms with E-state index in [-0.39, 0.29) is 24.9 Å². The van der Waals surface area contributed by atoms with E-state index in [4.69, 9.17) is 10.5 Å². The Morgan fingerprint density at radius 3 is 2.39 bits per heavy atom. The summed E-state index contributed by atoms with van der Waals surface area (Å²) in [5, 5.41) is 2.73. The lowest BCUT2D eigenvalue weighted by atomic mass is 9.98. The number of nitrogens with two attached hydrogens (primary N) is 1. The standard InChI is InChI=1S/C26H23FN2O2/c27-20-13-12-18(19(15-20)16-28)7-5-6-14-29-26(30)31-17-25-23-10-3-1-8-21(23)22-9-2-4-11-24(22)25/h1-4,8-13,15,25H,6,14,16-17,28H2,(H,29,30). The van der Waals surface area contributed by atoms with Crippen molar-refractivity contribution in [1.82, 2.24) is 5.32 Å². The van der Waals surface area contributed by atoms with Crippen LogP contribution in [-0.4, -0.2) is 19.2 Å². The van der Waals surface area contributed by atoms with E-state index in [2.05, 4.69) is 41.4 Å². The van der Waals surface area contributed by atoms with Gasteiger partial charge in [0.2, 0.25) is 0 Å². The lowest BCUT2D eigenvalue weighted by Gasteiger charge is -2.14. The van der Waals surface area contributed by atoms with E-state index in [1.54, 1.807) is 6.07 Å². The molecular weight excluding hydrogens is 391 g/mol. The number of amides is 1. The Bertz CT molecular complexity index is 1120. The van der Waals surface area contributed by atoms with Gasteiger partial charge in [0.05, 0.1) is 0 Å². The molecule has 0 saturated carbocycles. The Labute approximate surface area is 181 Å². The van der Waals surface area contributed by atoms with Crippen LogP contribution in [-0.2, 0) is 11.3 Å². The van der Waals surface area contributed by atoms with Crippen molar-refractivity contribution in [3.63, 3.8) is 0 Å². The minimum absolute atomic E-state index is 0.0334. The second-order valence-corrected chi connectivity index (χ2v) is 7.31. The number of benzene rings is 3. The number of halogens is 1. The van der Waals surface area contributed by atoms with Gasteiger partial charge in [-0.2, -0.15) is 0 Å². The number of fused-ring (bicyclic) bond motifs is 3. The third-order valence-corrected chi connectivity index (χ3v) is 5.37. The van der Waals surface area contributed by atoms with Crippen LogP contribution in [0.4, 0.5) is 9.18 Å². The third-order valence-electron chi connectivity index (χ3n) is 5.37. The number of alkyl carbamates (subject to hydrolysis) is 1. The summed E-state index contributed by atoms with van der Waals surface area (Å²) in [4.78, 5) is 12.2. The lowest BCUT2D eigenvalue weighted by Crippen LogP contribution is -2.26. The highest BCUT2D eigenvalue weighted by Crippen LogP contribution is 2.44. The SMILES string of the molecule is NCc1cc(F)ccc1C#CCCNC(=O)OCC1c2ccccc2-c2ccccc21. The molecule has 0 radical (unpaired) electrons. The minimum atomic E-state index is -0.465. The Hall–Kier alpha value is -3.62. The van der Waals surface area contributed by atoms with Gasteiger partial charge < -0.3 is 15.8 Å². The predicted molar refractivity (Wildman–Crippen MR) is 119 cm³/mol. The molecule has 0 saturated heterocycles. The number of hydrogen-bond acceptors (Lipinski definition) is 3. The largest absolute Gasteiger partial charge is 0.449 e. The van der Waals surface area contributed by atoms with Crippen molar-refractivity contribution in [2.24, 2.45) is 5.73 Å². The number of ether oxygens (including phenoxy) is 1. The van der Waals surface area contributed by atoms with E-state index in [0.717, 1.165) is 0 Å². The minimum Gasteiger partial charge on any atom is -0.449 e. The van der Waals surface area contributed by atoms with Gasteiger partial charge in [-0.25, -0.2) is 9.18 Å². The van der Waals surface area contributed by atoms with Crippen LogP contribution in [0.1, 0.15) is 34.6 Å². The molecule has 4 rings (SSSR count). The molecule has 0 fully saturated rings. The van der Waals surface area contributed by atoms with Gasteiger partial charge in [0.15, 0.2) is 0 Å². The number of nitrogens with one attached hydrogen (secondary N) is 1. The van der Waals surface area contributed by atoms with Gasteiger partial charge in [-0.15, -0.1) is 0 Å². The van der Waals surface area contributed by atoms with Crippen LogP contribution in [0, 0.1) is 17.7 Å². The maximum absolute atomic E-state index is 13.2. The first-order valence-corrected chi connectivity index (χ1v) is 10.2. The fourth-order valence-electron chi connectivity index (χ4n) is 3.89. The van der Waals surface area contributed by atoms with Crippen LogP contribution in [0.15, 0.2) is 66.7 Å². The van der Waals surface area contributed by atoms with E-state index in [9.17, 15) is 9.18 Å². The van der Waals surface area contributed by atoms with E-state index in [1.165, 1.54) is 34.4 Å². The van der Waals surface area contributed by atoms with Crippen molar-refractivity contribution >= 4 is 6.09 Å². The molecule has 0 aliphatic heterocycles. The van der Waals surface area contributed by atoms with Gasteiger partial charge in [-0.3, -0.25) is 0 Å². The van der Waals surface area contributed by atoms with Gasteiger partial charge in [0.25, 0.3) is 0 Å². The lowest BCUT2D eigenvalue weighted by molar-refractivity contribution is 0.143. The van der Waals surface area contributed by atoms with Crippen LogP contribution in [0.5, 0.6) is 0 Å². The summed E-state index contributed by atoms with van der Waals surface area (Å²) in [5.41, 5.74) is 11.7. The molecule has 1 aliphatic rings. The molecule has 1 aliphatic carbocycles. The topological polar surface area (TPSA) is 64.3 Å². The van der Waals surface area contributed by atoms with E-state index < -0.39 is 6.09 Å². The Morgan fingerprint density at radius 1 is 1.03 bits per heavy atom. The average molecular weight is 414 g/mol. The summed E-state index contributed by atoms with van der Waals surface area (Å²) < 4.78 is 18.7. The van der Waals surface area contributed by atoms with E-state index in [1.807, 2.05) is 24.3 Å². The highest BCUT2D eigenvalue weighted by Gasteiger charge is 2.28. The molecule has 0 unspecified atom stereocenters. The summed E-state index contributed by atoms with van der Waals surface area (Å²) in [7, 11) is 0. The van der Waals surface area contributed by atoms with Crippen molar-refractivity contribution in [3.8, 4) is 23.0 Å². The fraction of sp³-hybridized carbons (Fsp3) is 0.192. The molecule has 1 amide bonds. The molecule has 4 nitrogen and oxygen atoms in total. The summed E-state index contributed by atoms with van der Waals surface area (Å²) in [6, 6.07) is 20.8. The van der Waals surface area contributed by atoms with Crippen LogP contribution in [0.25, 0.3) is 11.1 Å². The molecule has 0 bridgehead atoms. The zero-order valence-electron chi connectivity index (χ0n) is 17.0. The zero-order valence-corrected chi connectivity index (χ0v) is 17.0. The second-order valence-electron chi connectivity index (χ2n) is 7.31. The molecular formula is C26H23FN2O2. The molecule has 3 aromatic rings. The van der Waals surface area contributed by atoms with Gasteiger partial charge in [-0.05, 0) is 46.0 Å². The predicted octanol–water partition coefficient (Wildman–Crippen LogP) is 4.56. The molecule has 3 N–H and O–H groups in total. The monoisotopic (exact) mass is 414 g/mol. The quantitative estimate of drug-likeness (QED) is 0.475. The summed E-state index contributed by atoms with van der Waals surface area (Å²) in [6.45, 7) is 0.865. The summed E-state index contributed by atoms with van der Waals surface area (Å²) >= 11 is 0. The van der Waals surface area contributed by atoms with Crippen molar-refractivity contribution in [2.75, 3.05) is 13.2 Å². The first-order valence-electron chi connectivity index (χ1n) is 10.2. The van der Waals surface area contributed by atoms with E-state index >= 15 is 0 Å². The number of hydrogen-bond donors (Lipinski definition) is 2. The molecule has 0 heterocycles. The first kappa shape index (κ1) is 20.6. The van der Waals surface area contributed by atoms with Gasteiger partial charge in [0.1, 0.15) is 12.4 Å². The second kappa shape index (κ2) is 9.46. The molecule has 0 aromatic heterocycles. The number of carbonyl (C=O) groups excluding carboxylic acids is 1. The molecule has 0 atom stereocenters. The van der Waals surface area contributed by atoms with Gasteiger partial charge >= 0.3 is 6.09 Å². The van der Waals surface area contributed by atoms with Crippen molar-refractivity contribution in [3.05, 3.63) is 94.8 Å². The van der Waals surface area contributed by atoms with Crippen LogP contribution >= 0.6 is 0 Å². The first-order chi connectivity index (χ1) is 15.2. The summed E-state index contributed by atoms with van der Waals surface area (Å²) in [5.74, 6) is 5.65. The molecule has 156 valence electrons. The highest BCUT2D eigenvalue weighted by atomic mass is 19.1. The fourth-order valence-corrected chi connectivity index (χ4v) is 3.89. The van der Waals surface area contributed by atoms with Gasteiger partial charge in [0, 0.05) is 31.0 Å². The third kappa shape index (κ3) is 4.60. The normalized spacial score (nSPS) is 11.8. The van der Waals surface area contributed by atoms with Crippen molar-refractivity contribution in [2.45, 2.75) is 18.9 Å².